The predicted octanol–water partition coefficient (Wildman–Crippen LogP) is 5.94. The van der Waals surface area contributed by atoms with Gasteiger partial charge in [0.05, 0.1) is 0 Å². The number of hydrogen-bond donors (Lipinski definition) is 2. The third-order valence-corrected chi connectivity index (χ3v) is 5.59. The molecule has 4 aromatic carbocycles. The molecule has 0 heterocycles. The maximum atomic E-state index is 12.3. The maximum absolute atomic E-state index is 12.3. The van der Waals surface area contributed by atoms with Crippen molar-refractivity contribution in [3.05, 3.63) is 109 Å². The van der Waals surface area contributed by atoms with Gasteiger partial charge in [0.25, 0.3) is 0 Å². The molecule has 0 radical (unpaired) electrons. The first-order valence-corrected chi connectivity index (χ1v) is 10.8. The van der Waals surface area contributed by atoms with Gasteiger partial charge in [-0.25, -0.2) is 0 Å². The fourth-order valence-electron chi connectivity index (χ4n) is 2.85. The van der Waals surface area contributed by atoms with E-state index in [2.05, 4.69) is 10.6 Å². The summed E-state index contributed by atoms with van der Waals surface area (Å²) in [5.74, 6) is 0.256. The Balaban J connectivity index is 1.39. The smallest absolute Gasteiger partial charge is 0.339 e. The quantitative estimate of drug-likeness (QED) is 0.365. The predicted molar refractivity (Wildman–Crippen MR) is 120 cm³/mol. The van der Waals surface area contributed by atoms with E-state index in [1.165, 1.54) is 12.1 Å². The SMILES string of the molecule is O=S(=O)(Oc1ccc(Nc2ccc(Nc3ccccc3)cc2)cc1)c1ccccc1. The van der Waals surface area contributed by atoms with Crippen LogP contribution in [0.4, 0.5) is 22.7 Å². The highest BCUT2D eigenvalue weighted by Crippen LogP contribution is 2.24. The molecule has 0 aliphatic heterocycles. The fraction of sp³-hybridized carbons (Fsp3) is 0. The summed E-state index contributed by atoms with van der Waals surface area (Å²) in [6.07, 6.45) is 0. The van der Waals surface area contributed by atoms with Gasteiger partial charge in [0, 0.05) is 22.7 Å². The minimum Gasteiger partial charge on any atom is -0.379 e. The highest BCUT2D eigenvalue weighted by Gasteiger charge is 2.15. The van der Waals surface area contributed by atoms with Gasteiger partial charge in [-0.2, -0.15) is 8.42 Å². The van der Waals surface area contributed by atoms with Crippen LogP contribution in [-0.4, -0.2) is 8.42 Å². The van der Waals surface area contributed by atoms with Crippen LogP contribution in [0.1, 0.15) is 0 Å². The lowest BCUT2D eigenvalue weighted by atomic mass is 10.2. The molecule has 4 rings (SSSR count). The van der Waals surface area contributed by atoms with Crippen molar-refractivity contribution in [3.63, 3.8) is 0 Å². The molecule has 0 atom stereocenters. The molecule has 0 spiro atoms. The molecule has 0 aromatic heterocycles. The van der Waals surface area contributed by atoms with Gasteiger partial charge in [-0.15, -0.1) is 0 Å². The van der Waals surface area contributed by atoms with Gasteiger partial charge in [-0.1, -0.05) is 36.4 Å². The monoisotopic (exact) mass is 416 g/mol. The van der Waals surface area contributed by atoms with Crippen molar-refractivity contribution < 1.29 is 12.6 Å². The van der Waals surface area contributed by atoms with Gasteiger partial charge in [-0.3, -0.25) is 0 Å². The van der Waals surface area contributed by atoms with Gasteiger partial charge < -0.3 is 14.8 Å². The second kappa shape index (κ2) is 8.71. The zero-order valence-corrected chi connectivity index (χ0v) is 16.8. The fourth-order valence-corrected chi connectivity index (χ4v) is 3.80. The van der Waals surface area contributed by atoms with Crippen molar-refractivity contribution >= 4 is 32.9 Å². The Hall–Kier alpha value is -3.77. The molecule has 6 heteroatoms. The van der Waals surface area contributed by atoms with Crippen LogP contribution in [0, 0.1) is 0 Å². The highest BCUT2D eigenvalue weighted by molar-refractivity contribution is 7.87. The molecule has 5 nitrogen and oxygen atoms in total. The number of hydrogen-bond acceptors (Lipinski definition) is 5. The maximum Gasteiger partial charge on any atom is 0.339 e. The van der Waals surface area contributed by atoms with Crippen molar-refractivity contribution in [2.45, 2.75) is 4.90 Å². The lowest BCUT2D eigenvalue weighted by Gasteiger charge is -2.11. The standard InChI is InChI=1S/C24H20N2O3S/c27-30(28,24-9-5-2-6-10-24)29-23-17-15-22(16-18-23)26-21-13-11-20(12-14-21)25-19-7-3-1-4-8-19/h1-18,25-26H. The van der Waals surface area contributed by atoms with E-state index < -0.39 is 10.1 Å². The second-order valence-electron chi connectivity index (χ2n) is 6.57. The molecule has 0 amide bonds. The average Bonchev–Trinajstić information content (AvgIpc) is 2.78. The molecule has 150 valence electrons. The van der Waals surface area contributed by atoms with Crippen molar-refractivity contribution in [1.82, 2.24) is 0 Å². The molecule has 4 aromatic rings. The number of rotatable bonds is 7. The normalized spacial score (nSPS) is 10.9. The summed E-state index contributed by atoms with van der Waals surface area (Å²) in [4.78, 5) is 0.122. The molecule has 0 unspecified atom stereocenters. The highest BCUT2D eigenvalue weighted by atomic mass is 32.2. The van der Waals surface area contributed by atoms with Crippen LogP contribution in [0.5, 0.6) is 5.75 Å². The van der Waals surface area contributed by atoms with Crippen molar-refractivity contribution in [3.8, 4) is 5.75 Å². The number of para-hydroxylation sites is 1. The number of nitrogens with one attached hydrogen (secondary N) is 2. The molecule has 0 fully saturated rings. The van der Waals surface area contributed by atoms with Crippen LogP contribution in [0.3, 0.4) is 0 Å². The van der Waals surface area contributed by atoms with Crippen LogP contribution in [-0.2, 0) is 10.1 Å². The Bertz CT molecular complexity index is 1190. The average molecular weight is 417 g/mol. The van der Waals surface area contributed by atoms with E-state index in [1.807, 2.05) is 54.6 Å². The lowest BCUT2D eigenvalue weighted by molar-refractivity contribution is 0.486. The number of anilines is 4. The number of benzene rings is 4. The Kier molecular flexibility index (Phi) is 5.68. The second-order valence-corrected chi connectivity index (χ2v) is 8.11. The van der Waals surface area contributed by atoms with Crippen molar-refractivity contribution in [2.75, 3.05) is 10.6 Å². The van der Waals surface area contributed by atoms with E-state index in [0.717, 1.165) is 22.7 Å². The van der Waals surface area contributed by atoms with Gasteiger partial charge in [0.15, 0.2) is 0 Å². The molecule has 0 aliphatic carbocycles. The Morgan fingerprint density at radius 1 is 0.500 bits per heavy atom. The Morgan fingerprint density at radius 3 is 1.40 bits per heavy atom. The first kappa shape index (κ1) is 19.5. The van der Waals surface area contributed by atoms with Crippen LogP contribution in [0.15, 0.2) is 114 Å². The van der Waals surface area contributed by atoms with Crippen LogP contribution in [0.25, 0.3) is 0 Å². The summed E-state index contributed by atoms with van der Waals surface area (Å²) >= 11 is 0. The molecular weight excluding hydrogens is 396 g/mol. The third kappa shape index (κ3) is 4.98. The molecule has 30 heavy (non-hydrogen) atoms. The molecule has 0 bridgehead atoms. The van der Waals surface area contributed by atoms with E-state index >= 15 is 0 Å². The van der Waals surface area contributed by atoms with E-state index in [9.17, 15) is 8.42 Å². The first-order chi connectivity index (χ1) is 14.6. The zero-order valence-electron chi connectivity index (χ0n) is 16.0. The zero-order chi connectivity index (χ0) is 20.8. The van der Waals surface area contributed by atoms with Gasteiger partial charge in [0.2, 0.25) is 0 Å². The van der Waals surface area contributed by atoms with E-state index in [4.69, 9.17) is 4.18 Å². The van der Waals surface area contributed by atoms with E-state index in [-0.39, 0.29) is 10.6 Å². The van der Waals surface area contributed by atoms with Gasteiger partial charge >= 0.3 is 10.1 Å². The molecular formula is C24H20N2O3S. The van der Waals surface area contributed by atoms with Crippen LogP contribution >= 0.6 is 0 Å². The summed E-state index contributed by atoms with van der Waals surface area (Å²) in [6.45, 7) is 0. The first-order valence-electron chi connectivity index (χ1n) is 9.37. The minimum atomic E-state index is -3.84. The summed E-state index contributed by atoms with van der Waals surface area (Å²) < 4.78 is 29.8. The van der Waals surface area contributed by atoms with E-state index in [1.54, 1.807) is 42.5 Å². The largest absolute Gasteiger partial charge is 0.379 e. The Morgan fingerprint density at radius 2 is 0.900 bits per heavy atom. The summed E-state index contributed by atoms with van der Waals surface area (Å²) in [7, 11) is -3.84. The lowest BCUT2D eigenvalue weighted by Crippen LogP contribution is -2.09. The molecule has 2 N–H and O–H groups in total. The topological polar surface area (TPSA) is 67.4 Å². The van der Waals surface area contributed by atoms with Crippen molar-refractivity contribution in [2.24, 2.45) is 0 Å². The summed E-state index contributed by atoms with van der Waals surface area (Å²) in [5, 5.41) is 6.62. The van der Waals surface area contributed by atoms with Gasteiger partial charge in [-0.05, 0) is 72.8 Å². The Labute approximate surface area is 176 Å². The molecule has 0 saturated heterocycles. The van der Waals surface area contributed by atoms with Gasteiger partial charge in [0.1, 0.15) is 10.6 Å². The van der Waals surface area contributed by atoms with Crippen molar-refractivity contribution in [1.29, 1.82) is 0 Å². The summed E-state index contributed by atoms with van der Waals surface area (Å²) in [5.41, 5.74) is 3.75. The van der Waals surface area contributed by atoms with E-state index in [0.29, 0.717) is 0 Å². The molecule has 0 aliphatic rings. The third-order valence-electron chi connectivity index (χ3n) is 4.33. The summed E-state index contributed by atoms with van der Waals surface area (Å²) in [6, 6.07) is 32.7. The molecule has 0 saturated carbocycles. The minimum absolute atomic E-state index is 0.122. The van der Waals surface area contributed by atoms with Crippen LogP contribution < -0.4 is 14.8 Å². The van der Waals surface area contributed by atoms with Crippen LogP contribution in [0.2, 0.25) is 0 Å².